The fourth-order valence-electron chi connectivity index (χ4n) is 4.62. The second-order valence-electron chi connectivity index (χ2n) is 8.89. The molecule has 1 aliphatic rings. The van der Waals surface area contributed by atoms with Crippen molar-refractivity contribution >= 4 is 45.0 Å². The number of thiophene rings is 1. The molecule has 1 fully saturated rings. The van der Waals surface area contributed by atoms with Crippen molar-refractivity contribution in [2.24, 2.45) is 0 Å². The van der Waals surface area contributed by atoms with Gasteiger partial charge in [-0.25, -0.2) is 9.97 Å². The third-order valence-corrected chi connectivity index (χ3v) is 7.68. The lowest BCUT2D eigenvalue weighted by Gasteiger charge is -2.23. The van der Waals surface area contributed by atoms with Crippen molar-refractivity contribution < 1.29 is 4.74 Å². The first-order valence-electron chi connectivity index (χ1n) is 12.0. The molecule has 0 saturated carbocycles. The molecule has 0 radical (unpaired) electrons. The Bertz CT molecular complexity index is 1740. The summed E-state index contributed by atoms with van der Waals surface area (Å²) < 4.78 is 6.90. The number of piperidine rings is 1. The molecule has 3 N–H and O–H groups in total. The van der Waals surface area contributed by atoms with Crippen molar-refractivity contribution in [2.45, 2.75) is 18.9 Å². The number of ether oxygens (including phenoxy) is 1. The molecular weight excluding hydrogens is 508 g/mol. The molecule has 0 atom stereocenters. The number of hydrogen-bond donors (Lipinski definition) is 3. The molecule has 6 aromatic heterocycles. The van der Waals surface area contributed by atoms with Crippen molar-refractivity contribution in [2.75, 3.05) is 13.1 Å². The summed E-state index contributed by atoms with van der Waals surface area (Å²) in [7, 11) is 0. The SMILES string of the molecule is Clc1ccc(-c2nccc3[nH]c(-c4n[nH]c5ccc(-c6cncc(OC7CCNCC7)c6)nc45)nc23)s1. The summed E-state index contributed by atoms with van der Waals surface area (Å²) in [5, 5.41) is 11.0. The summed E-state index contributed by atoms with van der Waals surface area (Å²) in [6.45, 7) is 1.94. The highest BCUT2D eigenvalue weighted by atomic mass is 35.5. The van der Waals surface area contributed by atoms with Gasteiger partial charge in [-0.3, -0.25) is 15.1 Å². The number of nitrogens with zero attached hydrogens (tertiary/aromatic N) is 5. The molecule has 0 bridgehead atoms. The van der Waals surface area contributed by atoms with Crippen LogP contribution in [0.1, 0.15) is 12.8 Å². The first-order valence-corrected chi connectivity index (χ1v) is 13.2. The smallest absolute Gasteiger partial charge is 0.161 e. The fraction of sp³-hybridized carbons (Fsp3) is 0.192. The summed E-state index contributed by atoms with van der Waals surface area (Å²) in [5.41, 5.74) is 6.24. The van der Waals surface area contributed by atoms with E-state index in [-0.39, 0.29) is 6.10 Å². The maximum Gasteiger partial charge on any atom is 0.161 e. The highest BCUT2D eigenvalue weighted by Crippen LogP contribution is 2.35. The van der Waals surface area contributed by atoms with E-state index in [4.69, 9.17) is 26.3 Å². The first-order chi connectivity index (χ1) is 18.2. The highest BCUT2D eigenvalue weighted by molar-refractivity contribution is 7.19. The number of rotatable bonds is 5. The number of halogens is 1. The third-order valence-electron chi connectivity index (χ3n) is 6.44. The van der Waals surface area contributed by atoms with E-state index >= 15 is 0 Å². The minimum Gasteiger partial charge on any atom is -0.489 e. The standard InChI is InChI=1S/C26H21ClN8OS/c27-21-4-3-20(37-21)24-22-18(7-10-30-24)32-26(33-22)25-23-19(34-35-25)2-1-17(31-23)14-11-16(13-29-12-14)36-15-5-8-28-9-6-15/h1-4,7,10-13,15,28H,5-6,8-9H2,(H,32,33)(H,34,35). The van der Waals surface area contributed by atoms with Gasteiger partial charge >= 0.3 is 0 Å². The predicted octanol–water partition coefficient (Wildman–Crippen LogP) is 5.47. The van der Waals surface area contributed by atoms with Gasteiger partial charge in [0, 0.05) is 18.0 Å². The van der Waals surface area contributed by atoms with Crippen molar-refractivity contribution in [3.8, 4) is 39.1 Å². The number of aromatic nitrogens is 7. The summed E-state index contributed by atoms with van der Waals surface area (Å²) >= 11 is 7.63. The van der Waals surface area contributed by atoms with Gasteiger partial charge in [-0.2, -0.15) is 5.10 Å². The number of fused-ring (bicyclic) bond motifs is 2. The number of nitrogens with one attached hydrogen (secondary N) is 3. The number of hydrogen-bond acceptors (Lipinski definition) is 8. The molecule has 37 heavy (non-hydrogen) atoms. The van der Waals surface area contributed by atoms with Crippen LogP contribution in [-0.2, 0) is 0 Å². The topological polar surface area (TPSA) is 117 Å². The first kappa shape index (κ1) is 22.3. The van der Waals surface area contributed by atoms with Gasteiger partial charge in [0.05, 0.1) is 32.1 Å². The lowest BCUT2D eigenvalue weighted by molar-refractivity contribution is 0.162. The van der Waals surface area contributed by atoms with E-state index in [2.05, 4.69) is 30.5 Å². The lowest BCUT2D eigenvalue weighted by atomic mass is 10.1. The molecule has 0 amide bonds. The Hall–Kier alpha value is -3.86. The van der Waals surface area contributed by atoms with E-state index < -0.39 is 0 Å². The Morgan fingerprint density at radius 2 is 1.84 bits per heavy atom. The van der Waals surface area contributed by atoms with Crippen molar-refractivity contribution in [1.82, 2.24) is 40.4 Å². The Labute approximate surface area is 220 Å². The summed E-state index contributed by atoms with van der Waals surface area (Å²) in [6, 6.07) is 11.6. The van der Waals surface area contributed by atoms with Gasteiger partial charge in [-0.15, -0.1) is 11.3 Å². The maximum atomic E-state index is 6.19. The molecule has 0 unspecified atom stereocenters. The number of H-pyrrole nitrogens is 2. The largest absolute Gasteiger partial charge is 0.489 e. The predicted molar refractivity (Wildman–Crippen MR) is 145 cm³/mol. The second-order valence-corrected chi connectivity index (χ2v) is 10.6. The van der Waals surface area contributed by atoms with Crippen LogP contribution in [0.4, 0.5) is 0 Å². The molecule has 1 aliphatic heterocycles. The average Bonchev–Trinajstić information content (AvgIpc) is 3.66. The van der Waals surface area contributed by atoms with Crippen LogP contribution >= 0.6 is 22.9 Å². The normalized spacial score (nSPS) is 14.5. The van der Waals surface area contributed by atoms with E-state index in [9.17, 15) is 0 Å². The maximum absolute atomic E-state index is 6.19. The summed E-state index contributed by atoms with van der Waals surface area (Å²) in [4.78, 5) is 23.1. The van der Waals surface area contributed by atoms with Crippen LogP contribution in [0.3, 0.4) is 0 Å². The Morgan fingerprint density at radius 1 is 0.946 bits per heavy atom. The molecule has 0 aromatic carbocycles. The molecule has 0 aliphatic carbocycles. The van der Waals surface area contributed by atoms with Crippen LogP contribution in [0, 0.1) is 0 Å². The van der Waals surface area contributed by atoms with Crippen molar-refractivity contribution in [3.63, 3.8) is 0 Å². The highest BCUT2D eigenvalue weighted by Gasteiger charge is 2.19. The summed E-state index contributed by atoms with van der Waals surface area (Å²) in [6.07, 6.45) is 7.50. The van der Waals surface area contributed by atoms with Crippen LogP contribution in [0.15, 0.2) is 55.0 Å². The Morgan fingerprint density at radius 3 is 2.70 bits per heavy atom. The Balaban J connectivity index is 1.26. The molecule has 7 heterocycles. The number of aromatic amines is 2. The van der Waals surface area contributed by atoms with Gasteiger partial charge < -0.3 is 15.0 Å². The van der Waals surface area contributed by atoms with Crippen molar-refractivity contribution in [1.29, 1.82) is 0 Å². The van der Waals surface area contributed by atoms with E-state index in [1.165, 1.54) is 11.3 Å². The number of imidazole rings is 1. The van der Waals surface area contributed by atoms with E-state index in [1.807, 2.05) is 36.4 Å². The lowest BCUT2D eigenvalue weighted by Crippen LogP contribution is -2.34. The molecule has 7 rings (SSSR count). The van der Waals surface area contributed by atoms with Crippen LogP contribution < -0.4 is 10.1 Å². The van der Waals surface area contributed by atoms with Gasteiger partial charge in [0.25, 0.3) is 0 Å². The van der Waals surface area contributed by atoms with Crippen LogP contribution in [-0.4, -0.2) is 54.3 Å². The Kier molecular flexibility index (Phi) is 5.57. The molecule has 184 valence electrons. The van der Waals surface area contributed by atoms with Gasteiger partial charge in [-0.1, -0.05) is 11.6 Å². The van der Waals surface area contributed by atoms with Gasteiger partial charge in [-0.05, 0) is 62.3 Å². The zero-order chi connectivity index (χ0) is 24.8. The van der Waals surface area contributed by atoms with E-state index in [0.717, 1.165) is 75.6 Å². The van der Waals surface area contributed by atoms with E-state index in [1.54, 1.807) is 18.6 Å². The molecule has 1 saturated heterocycles. The van der Waals surface area contributed by atoms with Crippen LogP contribution in [0.25, 0.3) is 55.4 Å². The molecule has 0 spiro atoms. The minimum atomic E-state index is 0.201. The molecule has 11 heteroatoms. The molecule has 6 aromatic rings. The van der Waals surface area contributed by atoms with Crippen LogP contribution in [0.5, 0.6) is 5.75 Å². The quantitative estimate of drug-likeness (QED) is 0.271. The minimum absolute atomic E-state index is 0.201. The summed E-state index contributed by atoms with van der Waals surface area (Å²) in [5.74, 6) is 1.37. The molecule has 9 nitrogen and oxygen atoms in total. The zero-order valence-corrected chi connectivity index (χ0v) is 21.1. The van der Waals surface area contributed by atoms with E-state index in [0.29, 0.717) is 15.9 Å². The monoisotopic (exact) mass is 528 g/mol. The van der Waals surface area contributed by atoms with Gasteiger partial charge in [0.1, 0.15) is 28.6 Å². The second kappa shape index (κ2) is 9.22. The van der Waals surface area contributed by atoms with Crippen molar-refractivity contribution in [3.05, 3.63) is 59.3 Å². The van der Waals surface area contributed by atoms with Crippen LogP contribution in [0.2, 0.25) is 4.34 Å². The number of pyridine rings is 3. The third kappa shape index (κ3) is 4.22. The zero-order valence-electron chi connectivity index (χ0n) is 19.5. The van der Waals surface area contributed by atoms with Gasteiger partial charge in [0.15, 0.2) is 11.5 Å². The van der Waals surface area contributed by atoms with Gasteiger partial charge in [0.2, 0.25) is 0 Å². The fourth-order valence-corrected chi connectivity index (χ4v) is 5.66. The molecular formula is C26H21ClN8OS. The average molecular weight is 529 g/mol.